The lowest BCUT2D eigenvalue weighted by Gasteiger charge is -2.21. The summed E-state index contributed by atoms with van der Waals surface area (Å²) in [5.74, 6) is 0.317. The van der Waals surface area contributed by atoms with Crippen molar-refractivity contribution in [3.63, 3.8) is 0 Å². The highest BCUT2D eigenvalue weighted by Crippen LogP contribution is 2.35. The number of aromatic nitrogens is 1. The average molecular weight is 299 g/mol. The minimum absolute atomic E-state index is 0.0307. The first-order chi connectivity index (χ1) is 11.3. The van der Waals surface area contributed by atoms with E-state index in [-0.39, 0.29) is 6.04 Å². The maximum Gasteiger partial charge on any atom is 0.141 e. The molecule has 1 aromatic heterocycles. The van der Waals surface area contributed by atoms with Crippen LogP contribution in [0.3, 0.4) is 0 Å². The van der Waals surface area contributed by atoms with Crippen LogP contribution in [0.25, 0.3) is 10.9 Å². The van der Waals surface area contributed by atoms with Crippen molar-refractivity contribution in [3.8, 4) is 5.75 Å². The molecule has 0 aliphatic heterocycles. The highest BCUT2D eigenvalue weighted by atomic mass is 16.3. The molecule has 0 fully saturated rings. The summed E-state index contributed by atoms with van der Waals surface area (Å²) in [5, 5.41) is 11.2. The lowest BCUT2D eigenvalue weighted by molar-refractivity contribution is 0.477. The average Bonchev–Trinajstić information content (AvgIpc) is 2.94. The largest absolute Gasteiger partial charge is 0.506 e. The van der Waals surface area contributed by atoms with Gasteiger partial charge in [-0.15, -0.1) is 0 Å². The van der Waals surface area contributed by atoms with Crippen LogP contribution < -0.4 is 0 Å². The molecule has 1 heterocycles. The van der Waals surface area contributed by atoms with E-state index in [0.29, 0.717) is 5.75 Å². The van der Waals surface area contributed by atoms with Gasteiger partial charge >= 0.3 is 0 Å². The van der Waals surface area contributed by atoms with E-state index in [0.717, 1.165) is 10.9 Å². The predicted octanol–water partition coefficient (Wildman–Crippen LogP) is 4.98. The molecule has 112 valence electrons. The maximum absolute atomic E-state index is 10.3. The lowest BCUT2D eigenvalue weighted by atomic mass is 9.98. The predicted molar refractivity (Wildman–Crippen MR) is 93.7 cm³/mol. The van der Waals surface area contributed by atoms with Crippen LogP contribution in [0.2, 0.25) is 0 Å². The third-order valence-electron chi connectivity index (χ3n) is 4.23. The highest BCUT2D eigenvalue weighted by Gasteiger charge is 2.19. The molecule has 0 saturated heterocycles. The minimum Gasteiger partial charge on any atom is -0.506 e. The van der Waals surface area contributed by atoms with E-state index < -0.39 is 0 Å². The molecule has 0 aliphatic rings. The van der Waals surface area contributed by atoms with Crippen LogP contribution in [-0.4, -0.2) is 9.67 Å². The number of rotatable bonds is 3. The third-order valence-corrected chi connectivity index (χ3v) is 4.23. The normalized spacial score (nSPS) is 11.2. The van der Waals surface area contributed by atoms with Crippen LogP contribution in [0, 0.1) is 0 Å². The van der Waals surface area contributed by atoms with Gasteiger partial charge in [-0.05, 0) is 23.3 Å². The van der Waals surface area contributed by atoms with Crippen molar-refractivity contribution in [3.05, 3.63) is 102 Å². The minimum atomic E-state index is 0.0307. The van der Waals surface area contributed by atoms with E-state index in [9.17, 15) is 5.11 Å². The van der Waals surface area contributed by atoms with Crippen molar-refractivity contribution >= 4 is 10.9 Å². The van der Waals surface area contributed by atoms with Crippen molar-refractivity contribution in [2.75, 3.05) is 0 Å². The number of aromatic hydroxyl groups is 1. The van der Waals surface area contributed by atoms with Crippen LogP contribution >= 0.6 is 0 Å². The fraction of sp³-hybridized carbons (Fsp3) is 0.0476. The summed E-state index contributed by atoms with van der Waals surface area (Å²) in [6.45, 7) is 0. The maximum atomic E-state index is 10.3. The number of hydrogen-bond acceptors (Lipinski definition) is 1. The zero-order valence-corrected chi connectivity index (χ0v) is 12.6. The molecule has 3 aromatic carbocycles. The van der Waals surface area contributed by atoms with E-state index in [2.05, 4.69) is 53.1 Å². The van der Waals surface area contributed by atoms with Crippen molar-refractivity contribution < 1.29 is 5.11 Å². The Bertz CT molecular complexity index is 886. The third kappa shape index (κ3) is 2.38. The second kappa shape index (κ2) is 5.65. The molecule has 0 radical (unpaired) electrons. The van der Waals surface area contributed by atoms with Gasteiger partial charge in [0, 0.05) is 11.6 Å². The van der Waals surface area contributed by atoms with Crippen molar-refractivity contribution in [2.45, 2.75) is 6.04 Å². The van der Waals surface area contributed by atoms with Gasteiger partial charge in [0.25, 0.3) is 0 Å². The molecule has 1 N–H and O–H groups in total. The summed E-state index contributed by atoms with van der Waals surface area (Å²) < 4.78 is 2.15. The van der Waals surface area contributed by atoms with Crippen molar-refractivity contribution in [1.29, 1.82) is 0 Å². The Balaban J connectivity index is 1.98. The molecule has 4 rings (SSSR count). The molecule has 23 heavy (non-hydrogen) atoms. The molecule has 0 amide bonds. The van der Waals surface area contributed by atoms with Crippen LogP contribution in [0.15, 0.2) is 91.1 Å². The van der Waals surface area contributed by atoms with Gasteiger partial charge in [0.2, 0.25) is 0 Å². The molecule has 2 nitrogen and oxygen atoms in total. The lowest BCUT2D eigenvalue weighted by Crippen LogP contribution is -2.11. The van der Waals surface area contributed by atoms with Gasteiger partial charge < -0.3 is 9.67 Å². The number of nitrogens with zero attached hydrogens (tertiary/aromatic N) is 1. The molecular weight excluding hydrogens is 282 g/mol. The van der Waals surface area contributed by atoms with Crippen molar-refractivity contribution in [2.24, 2.45) is 0 Å². The fourth-order valence-corrected chi connectivity index (χ4v) is 3.18. The Morgan fingerprint density at radius 1 is 0.652 bits per heavy atom. The van der Waals surface area contributed by atoms with Crippen LogP contribution in [0.1, 0.15) is 17.2 Å². The Morgan fingerprint density at radius 2 is 1.17 bits per heavy atom. The van der Waals surface area contributed by atoms with Crippen molar-refractivity contribution in [1.82, 2.24) is 4.57 Å². The summed E-state index contributed by atoms with van der Waals surface area (Å²) in [5.41, 5.74) is 3.42. The number of para-hydroxylation sites is 1. The topological polar surface area (TPSA) is 25.2 Å². The van der Waals surface area contributed by atoms with Gasteiger partial charge in [-0.25, -0.2) is 0 Å². The summed E-state index contributed by atoms with van der Waals surface area (Å²) in [6, 6.07) is 28.8. The van der Waals surface area contributed by atoms with Crippen LogP contribution in [0.4, 0.5) is 0 Å². The standard InChI is InChI=1S/C21H17NO/c23-20-15-22(19-14-8-7-13-18(19)20)21(16-9-3-1-4-10-16)17-11-5-2-6-12-17/h1-15,21,23H. The molecule has 0 saturated carbocycles. The molecular formula is C21H17NO. The monoisotopic (exact) mass is 299 g/mol. The quantitative estimate of drug-likeness (QED) is 0.567. The summed E-state index contributed by atoms with van der Waals surface area (Å²) in [6.07, 6.45) is 1.83. The van der Waals surface area contributed by atoms with Gasteiger partial charge in [0.1, 0.15) is 5.75 Å². The number of benzene rings is 3. The Morgan fingerprint density at radius 3 is 1.78 bits per heavy atom. The van der Waals surface area contributed by atoms with E-state index in [1.165, 1.54) is 11.1 Å². The second-order valence-electron chi connectivity index (χ2n) is 5.66. The molecule has 4 aromatic rings. The first-order valence-electron chi connectivity index (χ1n) is 7.73. The Kier molecular flexibility index (Phi) is 3.35. The number of fused-ring (bicyclic) bond motifs is 1. The molecule has 0 aliphatic carbocycles. The summed E-state index contributed by atoms with van der Waals surface area (Å²) in [7, 11) is 0. The van der Waals surface area contributed by atoms with E-state index in [4.69, 9.17) is 0 Å². The smallest absolute Gasteiger partial charge is 0.141 e. The SMILES string of the molecule is Oc1cn(C(c2ccccc2)c2ccccc2)c2ccccc12. The Hall–Kier alpha value is -3.00. The highest BCUT2D eigenvalue weighted by molar-refractivity contribution is 5.86. The van der Waals surface area contributed by atoms with Gasteiger partial charge in [0.15, 0.2) is 0 Å². The van der Waals surface area contributed by atoms with Crippen LogP contribution in [-0.2, 0) is 0 Å². The zero-order chi connectivity index (χ0) is 15.6. The molecule has 0 spiro atoms. The van der Waals surface area contributed by atoms with E-state index in [1.54, 1.807) is 0 Å². The van der Waals surface area contributed by atoms with Gasteiger partial charge in [-0.1, -0.05) is 72.8 Å². The van der Waals surface area contributed by atoms with Gasteiger partial charge in [0.05, 0.1) is 11.6 Å². The number of hydrogen-bond donors (Lipinski definition) is 1. The summed E-state index contributed by atoms with van der Waals surface area (Å²) >= 11 is 0. The molecule has 0 bridgehead atoms. The second-order valence-corrected chi connectivity index (χ2v) is 5.66. The first kappa shape index (κ1) is 13.6. The summed E-state index contributed by atoms with van der Waals surface area (Å²) in [4.78, 5) is 0. The van der Waals surface area contributed by atoms with Crippen LogP contribution in [0.5, 0.6) is 5.75 Å². The van der Waals surface area contributed by atoms with E-state index in [1.807, 2.05) is 42.6 Å². The molecule has 0 unspecified atom stereocenters. The van der Waals surface area contributed by atoms with E-state index >= 15 is 0 Å². The van der Waals surface area contributed by atoms with Gasteiger partial charge in [-0.2, -0.15) is 0 Å². The molecule has 0 atom stereocenters. The van der Waals surface area contributed by atoms with Gasteiger partial charge in [-0.3, -0.25) is 0 Å². The Labute approximate surface area is 135 Å². The first-order valence-corrected chi connectivity index (χ1v) is 7.73. The zero-order valence-electron chi connectivity index (χ0n) is 12.6. The fourth-order valence-electron chi connectivity index (χ4n) is 3.18. The molecule has 2 heteroatoms.